The molecular weight excluding hydrogens is 376 g/mol. The van der Waals surface area contributed by atoms with Crippen molar-refractivity contribution in [1.29, 1.82) is 0 Å². The number of carbonyl (C=O) groups excluding carboxylic acids is 2. The molecule has 1 atom stereocenters. The van der Waals surface area contributed by atoms with Gasteiger partial charge in [0.2, 0.25) is 5.78 Å². The molecule has 28 heavy (non-hydrogen) atoms. The van der Waals surface area contributed by atoms with Gasteiger partial charge in [-0.25, -0.2) is 0 Å². The van der Waals surface area contributed by atoms with Crippen molar-refractivity contribution in [3.8, 4) is 5.75 Å². The summed E-state index contributed by atoms with van der Waals surface area (Å²) in [7, 11) is 1.56. The summed E-state index contributed by atoms with van der Waals surface area (Å²) in [5.41, 5.74) is 1.57. The summed E-state index contributed by atoms with van der Waals surface area (Å²) in [6.07, 6.45) is -0.946. The third-order valence-corrected chi connectivity index (χ3v) is 4.36. The summed E-state index contributed by atoms with van der Waals surface area (Å²) in [6.45, 7) is 0. The number of Topliss-reactive ketones (excluding diaryl/α,β-unsaturated/α-hetero) is 1. The van der Waals surface area contributed by atoms with E-state index in [1.165, 1.54) is 0 Å². The molecule has 3 aromatic carbocycles. The van der Waals surface area contributed by atoms with Gasteiger partial charge in [0.25, 0.3) is 5.91 Å². The van der Waals surface area contributed by atoms with Crippen LogP contribution in [0, 0.1) is 0 Å². The van der Waals surface area contributed by atoms with Crippen LogP contribution in [0.5, 0.6) is 5.75 Å². The van der Waals surface area contributed by atoms with E-state index >= 15 is 0 Å². The molecular formula is C22H19ClN2O3. The highest BCUT2D eigenvalue weighted by atomic mass is 35.5. The molecule has 0 fully saturated rings. The molecule has 6 heteroatoms. The number of amides is 1. The Bertz CT molecular complexity index is 942. The second-order valence-corrected chi connectivity index (χ2v) is 6.45. The third-order valence-electron chi connectivity index (χ3n) is 4.10. The van der Waals surface area contributed by atoms with Gasteiger partial charge in [0.05, 0.1) is 7.11 Å². The van der Waals surface area contributed by atoms with Crippen LogP contribution in [0.15, 0.2) is 78.9 Å². The lowest BCUT2D eigenvalue weighted by Gasteiger charge is -2.20. The van der Waals surface area contributed by atoms with E-state index in [-0.39, 0.29) is 11.7 Å². The molecule has 3 rings (SSSR count). The normalized spacial score (nSPS) is 11.4. The Kier molecular flexibility index (Phi) is 6.29. The van der Waals surface area contributed by atoms with Crippen LogP contribution >= 0.6 is 11.6 Å². The molecule has 142 valence electrons. The molecule has 5 nitrogen and oxygen atoms in total. The van der Waals surface area contributed by atoms with Crippen LogP contribution in [0.4, 0.5) is 5.69 Å². The number of ketones is 1. The molecule has 0 spiro atoms. The number of ether oxygens (including phenoxy) is 1. The van der Waals surface area contributed by atoms with E-state index in [1.54, 1.807) is 79.9 Å². The third kappa shape index (κ3) is 4.90. The minimum atomic E-state index is -0.946. The van der Waals surface area contributed by atoms with Crippen molar-refractivity contribution < 1.29 is 14.3 Å². The van der Waals surface area contributed by atoms with E-state index in [4.69, 9.17) is 16.3 Å². The fourth-order valence-corrected chi connectivity index (χ4v) is 2.73. The number of methoxy groups -OCH3 is 1. The van der Waals surface area contributed by atoms with Crippen LogP contribution in [0.3, 0.4) is 0 Å². The second kappa shape index (κ2) is 9.06. The van der Waals surface area contributed by atoms with Gasteiger partial charge in [-0.1, -0.05) is 41.9 Å². The minimum absolute atomic E-state index is 0.252. The Labute approximate surface area is 168 Å². The quantitative estimate of drug-likeness (QED) is 0.460. The van der Waals surface area contributed by atoms with Gasteiger partial charge >= 0.3 is 0 Å². The standard InChI is InChI=1S/C22H19ClN2O3/c1-28-19-13-7-16(8-14-19)22(27)25-21(20(26)15-5-3-2-4-6-15)24-18-11-9-17(23)10-12-18/h2-14,21,24H,1H3,(H,25,27)/t21-/m0/s1. The number of hydrogen-bond acceptors (Lipinski definition) is 4. The first kappa shape index (κ1) is 19.5. The van der Waals surface area contributed by atoms with Crippen molar-refractivity contribution >= 4 is 29.0 Å². The first-order valence-corrected chi connectivity index (χ1v) is 9.01. The van der Waals surface area contributed by atoms with Crippen LogP contribution in [-0.2, 0) is 0 Å². The fourth-order valence-electron chi connectivity index (χ4n) is 2.61. The molecule has 0 heterocycles. The number of hydrogen-bond donors (Lipinski definition) is 2. The van der Waals surface area contributed by atoms with Gasteiger partial charge in [-0.05, 0) is 48.5 Å². The average Bonchev–Trinajstić information content (AvgIpc) is 2.75. The summed E-state index contributed by atoms with van der Waals surface area (Å²) >= 11 is 5.92. The van der Waals surface area contributed by atoms with Gasteiger partial charge in [0, 0.05) is 21.8 Å². The SMILES string of the molecule is COc1ccc(C(=O)N[C@H](Nc2ccc(Cl)cc2)C(=O)c2ccccc2)cc1. The zero-order valence-electron chi connectivity index (χ0n) is 15.2. The van der Waals surface area contributed by atoms with Crippen molar-refractivity contribution in [2.75, 3.05) is 12.4 Å². The second-order valence-electron chi connectivity index (χ2n) is 6.02. The van der Waals surface area contributed by atoms with E-state index in [1.807, 2.05) is 6.07 Å². The van der Waals surface area contributed by atoms with Gasteiger partial charge < -0.3 is 15.4 Å². The first-order chi connectivity index (χ1) is 13.6. The predicted octanol–water partition coefficient (Wildman–Crippen LogP) is 4.40. The molecule has 2 N–H and O–H groups in total. The fraction of sp³-hybridized carbons (Fsp3) is 0.0909. The predicted molar refractivity (Wildman–Crippen MR) is 110 cm³/mol. The van der Waals surface area contributed by atoms with Crippen molar-refractivity contribution in [2.45, 2.75) is 6.17 Å². The molecule has 0 aliphatic carbocycles. The zero-order chi connectivity index (χ0) is 19.9. The zero-order valence-corrected chi connectivity index (χ0v) is 15.9. The molecule has 0 aliphatic heterocycles. The molecule has 0 aliphatic rings. The Morgan fingerprint density at radius 3 is 2.11 bits per heavy atom. The van der Waals surface area contributed by atoms with Gasteiger partial charge in [-0.15, -0.1) is 0 Å². The lowest BCUT2D eigenvalue weighted by Crippen LogP contribution is -2.46. The van der Waals surface area contributed by atoms with Crippen LogP contribution < -0.4 is 15.4 Å². The van der Waals surface area contributed by atoms with Crippen LogP contribution in [-0.4, -0.2) is 25.0 Å². The topological polar surface area (TPSA) is 67.4 Å². The average molecular weight is 395 g/mol. The molecule has 0 unspecified atom stereocenters. The van der Waals surface area contributed by atoms with Gasteiger partial charge in [-0.2, -0.15) is 0 Å². The monoisotopic (exact) mass is 394 g/mol. The first-order valence-electron chi connectivity index (χ1n) is 8.63. The summed E-state index contributed by atoms with van der Waals surface area (Å²) in [5.74, 6) is 0.0172. The number of halogens is 1. The van der Waals surface area contributed by atoms with Crippen LogP contribution in [0.25, 0.3) is 0 Å². The Hall–Kier alpha value is -3.31. The van der Waals surface area contributed by atoms with Crippen molar-refractivity contribution in [2.24, 2.45) is 0 Å². The van der Waals surface area contributed by atoms with Crippen LogP contribution in [0.2, 0.25) is 5.02 Å². The van der Waals surface area contributed by atoms with E-state index in [9.17, 15) is 9.59 Å². The minimum Gasteiger partial charge on any atom is -0.497 e. The highest BCUT2D eigenvalue weighted by molar-refractivity contribution is 6.30. The molecule has 3 aromatic rings. The van der Waals surface area contributed by atoms with Crippen molar-refractivity contribution in [3.63, 3.8) is 0 Å². The lowest BCUT2D eigenvalue weighted by atomic mass is 10.1. The molecule has 0 bridgehead atoms. The van der Waals surface area contributed by atoms with Gasteiger partial charge in [0.15, 0.2) is 6.17 Å². The largest absolute Gasteiger partial charge is 0.497 e. The van der Waals surface area contributed by atoms with Crippen molar-refractivity contribution in [1.82, 2.24) is 5.32 Å². The van der Waals surface area contributed by atoms with E-state index in [2.05, 4.69) is 10.6 Å². The molecule has 0 saturated carbocycles. The number of carbonyl (C=O) groups is 2. The summed E-state index contributed by atoms with van der Waals surface area (Å²) in [4.78, 5) is 25.6. The highest BCUT2D eigenvalue weighted by Gasteiger charge is 2.22. The number of benzene rings is 3. The summed E-state index contributed by atoms with van der Waals surface area (Å²) < 4.78 is 5.11. The summed E-state index contributed by atoms with van der Waals surface area (Å²) in [5, 5.41) is 6.40. The highest BCUT2D eigenvalue weighted by Crippen LogP contribution is 2.16. The molecule has 0 radical (unpaired) electrons. The lowest BCUT2D eigenvalue weighted by molar-refractivity contribution is 0.0869. The maximum Gasteiger partial charge on any atom is 0.253 e. The van der Waals surface area contributed by atoms with E-state index in [0.29, 0.717) is 27.6 Å². The number of nitrogens with one attached hydrogen (secondary N) is 2. The molecule has 1 amide bonds. The van der Waals surface area contributed by atoms with E-state index < -0.39 is 6.17 Å². The maximum absolute atomic E-state index is 13.0. The smallest absolute Gasteiger partial charge is 0.253 e. The molecule has 0 aromatic heterocycles. The van der Waals surface area contributed by atoms with E-state index in [0.717, 1.165) is 0 Å². The maximum atomic E-state index is 13.0. The van der Waals surface area contributed by atoms with Crippen molar-refractivity contribution in [3.05, 3.63) is 95.0 Å². The van der Waals surface area contributed by atoms with Crippen LogP contribution in [0.1, 0.15) is 20.7 Å². The van der Waals surface area contributed by atoms with Gasteiger partial charge in [0.1, 0.15) is 5.75 Å². The Morgan fingerprint density at radius 2 is 1.50 bits per heavy atom. The molecule has 0 saturated heterocycles. The Balaban J connectivity index is 1.83. The summed E-state index contributed by atoms with van der Waals surface area (Å²) in [6, 6.07) is 22.4. The van der Waals surface area contributed by atoms with Gasteiger partial charge in [-0.3, -0.25) is 9.59 Å². The Morgan fingerprint density at radius 1 is 0.857 bits per heavy atom. The number of rotatable bonds is 7. The number of anilines is 1.